The molecule has 1 aromatic rings. The monoisotopic (exact) mass is 230 g/mol. The molecule has 0 bridgehead atoms. The molecule has 0 spiro atoms. The molecule has 6 nitrogen and oxygen atoms in total. The van der Waals surface area contributed by atoms with Gasteiger partial charge < -0.3 is 9.84 Å². The highest BCUT2D eigenvalue weighted by Crippen LogP contribution is 2.26. The quantitative estimate of drug-likeness (QED) is 0.671. The Morgan fingerprint density at radius 3 is 2.88 bits per heavy atom. The van der Waals surface area contributed by atoms with E-state index in [4.69, 9.17) is 4.74 Å². The van der Waals surface area contributed by atoms with E-state index in [1.54, 1.807) is 6.92 Å². The number of aromatic nitrogens is 2. The van der Waals surface area contributed by atoms with E-state index in [9.17, 15) is 19.1 Å². The van der Waals surface area contributed by atoms with Crippen molar-refractivity contribution < 1.29 is 14.2 Å². The zero-order chi connectivity index (χ0) is 11.9. The first-order chi connectivity index (χ1) is 7.49. The van der Waals surface area contributed by atoms with Gasteiger partial charge in [-0.2, -0.15) is 4.39 Å². The number of hydrogen-bond donors (Lipinski definition) is 2. The molecule has 1 aliphatic rings. The van der Waals surface area contributed by atoms with Gasteiger partial charge in [0, 0.05) is 6.42 Å². The molecule has 88 valence electrons. The number of aromatic amines is 1. The zero-order valence-electron chi connectivity index (χ0n) is 8.51. The molecule has 3 atom stereocenters. The summed E-state index contributed by atoms with van der Waals surface area (Å²) in [6, 6.07) is 0. The van der Waals surface area contributed by atoms with Crippen LogP contribution in [0.4, 0.5) is 4.39 Å². The number of aliphatic hydroxyl groups is 1. The van der Waals surface area contributed by atoms with Gasteiger partial charge in [-0.1, -0.05) is 0 Å². The Balaban J connectivity index is 2.39. The van der Waals surface area contributed by atoms with Gasteiger partial charge in [0.15, 0.2) is 0 Å². The van der Waals surface area contributed by atoms with E-state index in [2.05, 4.69) is 0 Å². The molecule has 7 heteroatoms. The third-order valence-corrected chi connectivity index (χ3v) is 2.59. The molecule has 1 fully saturated rings. The number of nitrogens with one attached hydrogen (secondary N) is 1. The second-order valence-electron chi connectivity index (χ2n) is 3.74. The molecule has 0 aromatic carbocycles. The van der Waals surface area contributed by atoms with E-state index in [0.717, 1.165) is 10.8 Å². The average Bonchev–Trinajstić information content (AvgIpc) is 2.53. The number of aliphatic hydroxyl groups excluding tert-OH is 1. The maximum atomic E-state index is 13.0. The zero-order valence-corrected chi connectivity index (χ0v) is 8.51. The normalized spacial score (nSPS) is 29.6. The highest BCUT2D eigenvalue weighted by Gasteiger charge is 2.32. The highest BCUT2D eigenvalue weighted by atomic mass is 19.1. The smallest absolute Gasteiger partial charge is 0.330 e. The number of H-pyrrole nitrogens is 1. The summed E-state index contributed by atoms with van der Waals surface area (Å²) < 4.78 is 19.2. The Morgan fingerprint density at radius 1 is 1.62 bits per heavy atom. The van der Waals surface area contributed by atoms with Crippen LogP contribution in [0.15, 0.2) is 15.8 Å². The van der Waals surface area contributed by atoms with Crippen LogP contribution in [0.1, 0.15) is 19.6 Å². The first kappa shape index (κ1) is 11.0. The average molecular weight is 230 g/mol. The Bertz CT molecular complexity index is 499. The number of halogens is 1. The van der Waals surface area contributed by atoms with Gasteiger partial charge in [0.05, 0.1) is 18.4 Å². The predicted octanol–water partition coefficient (Wildman–Crippen LogP) is -0.656. The second-order valence-corrected chi connectivity index (χ2v) is 3.74. The molecule has 2 N–H and O–H groups in total. The van der Waals surface area contributed by atoms with E-state index in [1.807, 2.05) is 4.98 Å². The summed E-state index contributed by atoms with van der Waals surface area (Å²) in [4.78, 5) is 24.0. The van der Waals surface area contributed by atoms with Crippen molar-refractivity contribution in [3.63, 3.8) is 0 Å². The van der Waals surface area contributed by atoms with Gasteiger partial charge in [0.2, 0.25) is 5.82 Å². The Hall–Kier alpha value is -1.47. The molecular formula is C9H11FN2O4. The van der Waals surface area contributed by atoms with Crippen LogP contribution in [0.2, 0.25) is 0 Å². The molecule has 0 radical (unpaired) electrons. The van der Waals surface area contributed by atoms with Crippen molar-refractivity contribution in [2.75, 3.05) is 0 Å². The van der Waals surface area contributed by atoms with E-state index < -0.39 is 35.5 Å². The van der Waals surface area contributed by atoms with Crippen LogP contribution in [0.5, 0.6) is 0 Å². The minimum absolute atomic E-state index is 0.187. The molecular weight excluding hydrogens is 219 g/mol. The van der Waals surface area contributed by atoms with Crippen molar-refractivity contribution in [1.82, 2.24) is 9.55 Å². The third kappa shape index (κ3) is 1.79. The van der Waals surface area contributed by atoms with Crippen LogP contribution in [-0.2, 0) is 4.74 Å². The molecule has 1 aliphatic heterocycles. The number of ether oxygens (including phenoxy) is 1. The second kappa shape index (κ2) is 3.84. The van der Waals surface area contributed by atoms with E-state index in [0.29, 0.717) is 0 Å². The molecule has 0 saturated carbocycles. The van der Waals surface area contributed by atoms with E-state index in [-0.39, 0.29) is 6.42 Å². The number of nitrogens with zero attached hydrogens (tertiary/aromatic N) is 1. The summed E-state index contributed by atoms with van der Waals surface area (Å²) in [5.41, 5.74) is -1.81. The van der Waals surface area contributed by atoms with Crippen LogP contribution in [0.25, 0.3) is 0 Å². The van der Waals surface area contributed by atoms with Crippen molar-refractivity contribution in [3.05, 3.63) is 32.9 Å². The number of hydrogen-bond acceptors (Lipinski definition) is 4. The van der Waals surface area contributed by atoms with Crippen molar-refractivity contribution in [2.45, 2.75) is 31.8 Å². The lowest BCUT2D eigenvalue weighted by molar-refractivity contribution is -0.0105. The fraction of sp³-hybridized carbons (Fsp3) is 0.556. The third-order valence-electron chi connectivity index (χ3n) is 2.59. The van der Waals surface area contributed by atoms with Crippen LogP contribution in [0, 0.1) is 5.82 Å². The van der Waals surface area contributed by atoms with E-state index in [1.165, 1.54) is 0 Å². The van der Waals surface area contributed by atoms with Gasteiger partial charge in [-0.3, -0.25) is 14.3 Å². The maximum absolute atomic E-state index is 13.0. The Morgan fingerprint density at radius 2 is 2.31 bits per heavy atom. The van der Waals surface area contributed by atoms with Crippen LogP contribution in [-0.4, -0.2) is 26.9 Å². The number of rotatable bonds is 1. The summed E-state index contributed by atoms with van der Waals surface area (Å²) in [6.07, 6.45) is -0.897. The van der Waals surface area contributed by atoms with Crippen molar-refractivity contribution in [2.24, 2.45) is 0 Å². The van der Waals surface area contributed by atoms with Crippen LogP contribution >= 0.6 is 0 Å². The maximum Gasteiger partial charge on any atom is 0.330 e. The molecule has 1 saturated heterocycles. The Labute approximate surface area is 89.3 Å². The predicted molar refractivity (Wildman–Crippen MR) is 51.5 cm³/mol. The lowest BCUT2D eigenvalue weighted by Gasteiger charge is -2.12. The van der Waals surface area contributed by atoms with Gasteiger partial charge >= 0.3 is 5.69 Å². The molecule has 0 aliphatic carbocycles. The minimum Gasteiger partial charge on any atom is -0.390 e. The summed E-state index contributed by atoms with van der Waals surface area (Å²) in [7, 11) is 0. The summed E-state index contributed by atoms with van der Waals surface area (Å²) >= 11 is 0. The van der Waals surface area contributed by atoms with Gasteiger partial charge in [-0.05, 0) is 6.92 Å². The lowest BCUT2D eigenvalue weighted by Crippen LogP contribution is -2.33. The molecule has 2 heterocycles. The fourth-order valence-electron chi connectivity index (χ4n) is 1.65. The molecule has 1 aromatic heterocycles. The minimum atomic E-state index is -1.06. The van der Waals surface area contributed by atoms with Crippen LogP contribution in [0.3, 0.4) is 0 Å². The first-order valence-corrected chi connectivity index (χ1v) is 4.83. The SMILES string of the molecule is CC1OC(n2cc(F)c(=O)[nH]c2=O)C[C@H]1O. The summed E-state index contributed by atoms with van der Waals surface area (Å²) in [6.45, 7) is 1.65. The van der Waals surface area contributed by atoms with Gasteiger partial charge in [-0.15, -0.1) is 0 Å². The summed E-state index contributed by atoms with van der Waals surface area (Å²) in [5.74, 6) is -1.06. The van der Waals surface area contributed by atoms with Gasteiger partial charge in [0.25, 0.3) is 5.56 Å². The molecule has 16 heavy (non-hydrogen) atoms. The van der Waals surface area contributed by atoms with E-state index >= 15 is 0 Å². The van der Waals surface area contributed by atoms with Gasteiger partial charge in [-0.25, -0.2) is 4.79 Å². The largest absolute Gasteiger partial charge is 0.390 e. The van der Waals surface area contributed by atoms with Crippen molar-refractivity contribution in [3.8, 4) is 0 Å². The highest BCUT2D eigenvalue weighted by molar-refractivity contribution is 4.90. The lowest BCUT2D eigenvalue weighted by atomic mass is 10.2. The fourth-order valence-corrected chi connectivity index (χ4v) is 1.65. The first-order valence-electron chi connectivity index (χ1n) is 4.83. The molecule has 0 amide bonds. The molecule has 2 rings (SSSR count). The van der Waals surface area contributed by atoms with Gasteiger partial charge in [0.1, 0.15) is 6.23 Å². The molecule has 2 unspecified atom stereocenters. The Kier molecular flexibility index (Phi) is 2.64. The van der Waals surface area contributed by atoms with Crippen LogP contribution < -0.4 is 11.2 Å². The summed E-state index contributed by atoms with van der Waals surface area (Å²) in [5, 5.41) is 9.44. The van der Waals surface area contributed by atoms with Crippen molar-refractivity contribution >= 4 is 0 Å². The topological polar surface area (TPSA) is 84.3 Å². The standard InChI is InChI=1S/C9H11FN2O4/c1-4-6(13)2-7(16-4)12-3-5(10)8(14)11-9(12)15/h3-4,6-7,13H,2H2,1H3,(H,11,14,15)/t4?,6-,7?/m1/s1. The van der Waals surface area contributed by atoms with Crippen molar-refractivity contribution in [1.29, 1.82) is 0 Å².